The Bertz CT molecular complexity index is 991. The van der Waals surface area contributed by atoms with Crippen LogP contribution in [0, 0.1) is 19.8 Å². The maximum atomic E-state index is 12.9. The molecular weight excluding hydrogens is 374 g/mol. The van der Waals surface area contributed by atoms with Gasteiger partial charge in [-0.1, -0.05) is 35.9 Å². The smallest absolute Gasteiger partial charge is 0.320 e. The first-order valence-electron chi connectivity index (χ1n) is 9.56. The third kappa shape index (κ3) is 3.64. The van der Waals surface area contributed by atoms with E-state index in [-0.39, 0.29) is 23.0 Å². The van der Waals surface area contributed by atoms with Gasteiger partial charge in [-0.3, -0.25) is 0 Å². The average molecular weight is 400 g/mol. The van der Waals surface area contributed by atoms with Gasteiger partial charge in [0.15, 0.2) is 0 Å². The van der Waals surface area contributed by atoms with Gasteiger partial charge in [0, 0.05) is 18.3 Å². The van der Waals surface area contributed by atoms with Crippen LogP contribution in [-0.4, -0.2) is 38.0 Å². The number of nitrogens with zero attached hydrogens (tertiary/aromatic N) is 1. The summed E-state index contributed by atoms with van der Waals surface area (Å²) >= 11 is 0. The van der Waals surface area contributed by atoms with Gasteiger partial charge in [-0.25, -0.2) is 17.9 Å². The van der Waals surface area contributed by atoms with Crippen molar-refractivity contribution in [2.24, 2.45) is 5.92 Å². The number of sulfonamides is 1. The first-order valence-corrected chi connectivity index (χ1v) is 11.0. The normalized spacial score (nSPS) is 23.8. The van der Waals surface area contributed by atoms with E-state index < -0.39 is 10.0 Å². The number of nitrogens with one attached hydrogen (secondary N) is 2. The Morgan fingerprint density at radius 1 is 1.07 bits per heavy atom. The molecule has 2 N–H and O–H groups in total. The van der Waals surface area contributed by atoms with Crippen molar-refractivity contribution in [1.82, 2.24) is 9.62 Å². The molecule has 1 saturated heterocycles. The molecule has 2 amide bonds. The standard InChI is InChI=1S/C21H25N3O3S/c1-14-8-9-18(15(2)10-14)22-21(25)24-13-16-11-19(20(24)12-16)23-28(26,27)17-6-4-3-5-7-17/h3-10,16,19-20,23H,11-13H2,1-2H3,(H,22,25)/t16-,19+,20-/m1/s1. The van der Waals surface area contributed by atoms with E-state index in [1.807, 2.05) is 32.0 Å². The lowest BCUT2D eigenvalue weighted by Gasteiger charge is -2.33. The van der Waals surface area contributed by atoms with Gasteiger partial charge in [0.2, 0.25) is 10.0 Å². The van der Waals surface area contributed by atoms with Crippen molar-refractivity contribution in [3.05, 3.63) is 59.7 Å². The highest BCUT2D eigenvalue weighted by Crippen LogP contribution is 2.38. The highest BCUT2D eigenvalue weighted by atomic mass is 32.2. The number of likely N-dealkylation sites (tertiary alicyclic amines) is 1. The fourth-order valence-electron chi connectivity index (χ4n) is 4.39. The molecule has 0 aromatic heterocycles. The van der Waals surface area contributed by atoms with Gasteiger partial charge in [-0.2, -0.15) is 0 Å². The van der Waals surface area contributed by atoms with E-state index in [4.69, 9.17) is 0 Å². The molecule has 1 aliphatic heterocycles. The highest BCUT2D eigenvalue weighted by molar-refractivity contribution is 7.89. The molecule has 148 valence electrons. The van der Waals surface area contributed by atoms with Crippen molar-refractivity contribution in [3.63, 3.8) is 0 Å². The van der Waals surface area contributed by atoms with E-state index in [1.165, 1.54) is 0 Å². The number of hydrogen-bond donors (Lipinski definition) is 2. The predicted molar refractivity (Wildman–Crippen MR) is 109 cm³/mol. The van der Waals surface area contributed by atoms with Gasteiger partial charge in [0.05, 0.1) is 10.9 Å². The van der Waals surface area contributed by atoms with Gasteiger partial charge < -0.3 is 10.2 Å². The van der Waals surface area contributed by atoms with E-state index in [1.54, 1.807) is 35.2 Å². The number of anilines is 1. The minimum Gasteiger partial charge on any atom is -0.320 e. The summed E-state index contributed by atoms with van der Waals surface area (Å²) < 4.78 is 28.2. The Morgan fingerprint density at radius 2 is 1.82 bits per heavy atom. The first kappa shape index (κ1) is 19.0. The topological polar surface area (TPSA) is 78.5 Å². The Hall–Kier alpha value is -2.38. The van der Waals surface area contributed by atoms with Crippen LogP contribution < -0.4 is 10.0 Å². The van der Waals surface area contributed by atoms with Crippen molar-refractivity contribution in [3.8, 4) is 0 Å². The number of aryl methyl sites for hydroxylation is 2. The van der Waals surface area contributed by atoms with Gasteiger partial charge in [-0.05, 0) is 56.4 Å². The SMILES string of the molecule is Cc1ccc(NC(=O)N2C[C@@H]3C[C@H](NS(=O)(=O)c4ccccc4)[C@H]2C3)c(C)c1. The van der Waals surface area contributed by atoms with Crippen LogP contribution in [0.15, 0.2) is 53.4 Å². The Labute approximate surface area is 166 Å². The lowest BCUT2D eigenvalue weighted by molar-refractivity contribution is 0.183. The molecule has 1 saturated carbocycles. The maximum absolute atomic E-state index is 12.9. The number of fused-ring (bicyclic) bond motifs is 2. The van der Waals surface area contributed by atoms with Crippen LogP contribution in [0.2, 0.25) is 0 Å². The summed E-state index contributed by atoms with van der Waals surface area (Å²) in [7, 11) is -3.59. The minimum absolute atomic E-state index is 0.116. The number of benzene rings is 2. The molecule has 0 unspecified atom stereocenters. The second-order valence-electron chi connectivity index (χ2n) is 7.85. The third-order valence-electron chi connectivity index (χ3n) is 5.73. The molecule has 2 aromatic carbocycles. The monoisotopic (exact) mass is 399 g/mol. The fraction of sp³-hybridized carbons (Fsp3) is 0.381. The average Bonchev–Trinajstić information content (AvgIpc) is 3.25. The van der Waals surface area contributed by atoms with E-state index in [9.17, 15) is 13.2 Å². The lowest BCUT2D eigenvalue weighted by atomic mass is 10.1. The van der Waals surface area contributed by atoms with Crippen LogP contribution in [0.3, 0.4) is 0 Å². The van der Waals surface area contributed by atoms with Gasteiger partial charge in [0.25, 0.3) is 0 Å². The van der Waals surface area contributed by atoms with Crippen LogP contribution in [-0.2, 0) is 10.0 Å². The number of amides is 2. The van der Waals surface area contributed by atoms with Crippen LogP contribution in [0.25, 0.3) is 0 Å². The number of rotatable bonds is 4. The zero-order valence-corrected chi connectivity index (χ0v) is 16.9. The van der Waals surface area contributed by atoms with Crippen molar-refractivity contribution >= 4 is 21.7 Å². The molecule has 2 bridgehead atoms. The molecule has 6 nitrogen and oxygen atoms in total. The minimum atomic E-state index is -3.59. The molecule has 4 rings (SSSR count). The predicted octanol–water partition coefficient (Wildman–Crippen LogP) is 3.28. The Balaban J connectivity index is 1.47. The highest BCUT2D eigenvalue weighted by Gasteiger charge is 2.48. The summed E-state index contributed by atoms with van der Waals surface area (Å²) in [4.78, 5) is 14.9. The van der Waals surface area contributed by atoms with Crippen molar-refractivity contribution in [2.75, 3.05) is 11.9 Å². The van der Waals surface area contributed by atoms with Crippen LogP contribution in [0.5, 0.6) is 0 Å². The number of carbonyl (C=O) groups excluding carboxylic acids is 1. The summed E-state index contributed by atoms with van der Waals surface area (Å²) in [5.74, 6) is 0.332. The van der Waals surface area contributed by atoms with Gasteiger partial charge >= 0.3 is 6.03 Å². The van der Waals surface area contributed by atoms with Gasteiger partial charge in [0.1, 0.15) is 0 Å². The van der Waals surface area contributed by atoms with Crippen molar-refractivity contribution in [1.29, 1.82) is 0 Å². The fourth-order valence-corrected chi connectivity index (χ4v) is 5.70. The zero-order chi connectivity index (χ0) is 19.9. The van der Waals surface area contributed by atoms with E-state index in [0.29, 0.717) is 12.5 Å². The number of carbonyl (C=O) groups is 1. The summed E-state index contributed by atoms with van der Waals surface area (Å²) in [6, 6.07) is 13.7. The maximum Gasteiger partial charge on any atom is 0.322 e. The Kier molecular flexibility index (Phi) is 4.89. The van der Waals surface area contributed by atoms with Crippen LogP contribution >= 0.6 is 0 Å². The first-order chi connectivity index (χ1) is 13.3. The molecule has 0 radical (unpaired) electrons. The molecular formula is C21H25N3O3S. The van der Waals surface area contributed by atoms with Crippen molar-refractivity contribution < 1.29 is 13.2 Å². The molecule has 3 atom stereocenters. The van der Waals surface area contributed by atoms with E-state index in [0.717, 1.165) is 29.7 Å². The molecule has 1 heterocycles. The summed E-state index contributed by atoms with van der Waals surface area (Å²) in [5, 5.41) is 2.99. The Morgan fingerprint density at radius 3 is 2.50 bits per heavy atom. The molecule has 2 aliphatic rings. The van der Waals surface area contributed by atoms with Gasteiger partial charge in [-0.15, -0.1) is 0 Å². The van der Waals surface area contributed by atoms with Crippen LogP contribution in [0.1, 0.15) is 24.0 Å². The molecule has 0 spiro atoms. The zero-order valence-electron chi connectivity index (χ0n) is 16.1. The van der Waals surface area contributed by atoms with E-state index in [2.05, 4.69) is 10.0 Å². The molecule has 7 heteroatoms. The molecule has 2 fully saturated rings. The molecule has 28 heavy (non-hydrogen) atoms. The third-order valence-corrected chi connectivity index (χ3v) is 7.23. The quantitative estimate of drug-likeness (QED) is 0.828. The number of hydrogen-bond acceptors (Lipinski definition) is 3. The second-order valence-corrected chi connectivity index (χ2v) is 9.56. The summed E-state index contributed by atoms with van der Waals surface area (Å²) in [5.41, 5.74) is 2.95. The largest absolute Gasteiger partial charge is 0.322 e. The molecule has 2 aromatic rings. The summed E-state index contributed by atoms with van der Waals surface area (Å²) in [6.07, 6.45) is 1.60. The number of urea groups is 1. The van der Waals surface area contributed by atoms with Crippen LogP contribution in [0.4, 0.5) is 10.5 Å². The molecule has 1 aliphatic carbocycles. The second kappa shape index (κ2) is 7.22. The lowest BCUT2D eigenvalue weighted by Crippen LogP contribution is -2.52. The number of piperidine rings is 1. The van der Waals surface area contributed by atoms with E-state index >= 15 is 0 Å². The van der Waals surface area contributed by atoms with Crippen molar-refractivity contribution in [2.45, 2.75) is 43.7 Å². The summed E-state index contributed by atoms with van der Waals surface area (Å²) in [6.45, 7) is 4.65.